The van der Waals surface area contributed by atoms with Crippen LogP contribution in [0.5, 0.6) is 0 Å². The van der Waals surface area contributed by atoms with E-state index in [1.165, 1.54) is 12.8 Å². The summed E-state index contributed by atoms with van der Waals surface area (Å²) in [7, 11) is 0. The van der Waals surface area contributed by atoms with Crippen molar-refractivity contribution in [2.45, 2.75) is 43.9 Å². The quantitative estimate of drug-likeness (QED) is 0.761. The van der Waals surface area contributed by atoms with E-state index >= 15 is 0 Å². The Labute approximate surface area is 115 Å². The van der Waals surface area contributed by atoms with E-state index in [0.29, 0.717) is 6.54 Å². The first-order valence-corrected chi connectivity index (χ1v) is 8.12. The molecule has 1 amide bonds. The molecule has 5 heteroatoms. The van der Waals surface area contributed by atoms with Gasteiger partial charge in [-0.3, -0.25) is 4.79 Å². The second kappa shape index (κ2) is 8.77. The highest BCUT2D eigenvalue weighted by Crippen LogP contribution is 2.11. The Morgan fingerprint density at radius 1 is 1.33 bits per heavy atom. The summed E-state index contributed by atoms with van der Waals surface area (Å²) in [4.78, 5) is 14.0. The van der Waals surface area contributed by atoms with E-state index in [1.54, 1.807) is 11.8 Å². The number of amides is 1. The van der Waals surface area contributed by atoms with Crippen molar-refractivity contribution in [3.63, 3.8) is 0 Å². The van der Waals surface area contributed by atoms with Crippen LogP contribution in [0.4, 0.5) is 0 Å². The molecule has 2 atom stereocenters. The first kappa shape index (κ1) is 15.8. The standard InChI is InChI=1S/C13H26N2O2S/c1-11(12(10-16)18-2)14-9-13(17)15-7-5-3-4-6-8-15/h11-12,14,16H,3-10H2,1-2H3. The van der Waals surface area contributed by atoms with Gasteiger partial charge in [-0.25, -0.2) is 0 Å². The van der Waals surface area contributed by atoms with Gasteiger partial charge in [0.05, 0.1) is 13.2 Å². The molecule has 0 bridgehead atoms. The Kier molecular flexibility index (Phi) is 7.70. The molecule has 0 aromatic rings. The second-order valence-electron chi connectivity index (χ2n) is 4.92. The minimum Gasteiger partial charge on any atom is -0.395 e. The number of nitrogens with one attached hydrogen (secondary N) is 1. The summed E-state index contributed by atoms with van der Waals surface area (Å²) in [5.74, 6) is 0.196. The predicted octanol–water partition coefficient (Wildman–Crippen LogP) is 1.09. The highest BCUT2D eigenvalue weighted by Gasteiger charge is 2.19. The molecule has 4 nitrogen and oxygen atoms in total. The lowest BCUT2D eigenvalue weighted by molar-refractivity contribution is -0.130. The summed E-state index contributed by atoms with van der Waals surface area (Å²) in [6.45, 7) is 4.36. The first-order chi connectivity index (χ1) is 8.69. The van der Waals surface area contributed by atoms with Gasteiger partial charge < -0.3 is 15.3 Å². The molecule has 1 rings (SSSR count). The van der Waals surface area contributed by atoms with Crippen LogP contribution in [0.1, 0.15) is 32.6 Å². The maximum Gasteiger partial charge on any atom is 0.236 e. The van der Waals surface area contributed by atoms with Gasteiger partial charge in [-0.05, 0) is 26.0 Å². The molecule has 0 aromatic heterocycles. The first-order valence-electron chi connectivity index (χ1n) is 6.84. The van der Waals surface area contributed by atoms with Crippen molar-refractivity contribution in [2.75, 3.05) is 32.5 Å². The van der Waals surface area contributed by atoms with Crippen LogP contribution in [-0.4, -0.2) is 59.7 Å². The van der Waals surface area contributed by atoms with Gasteiger partial charge in [0.2, 0.25) is 5.91 Å². The summed E-state index contributed by atoms with van der Waals surface area (Å²) in [6.07, 6.45) is 6.73. The second-order valence-corrected chi connectivity index (χ2v) is 6.00. The smallest absolute Gasteiger partial charge is 0.236 e. The maximum absolute atomic E-state index is 12.0. The lowest BCUT2D eigenvalue weighted by Gasteiger charge is -2.24. The number of carbonyl (C=O) groups is 1. The normalized spacial score (nSPS) is 20.3. The van der Waals surface area contributed by atoms with Gasteiger partial charge in [0.15, 0.2) is 0 Å². The minimum atomic E-state index is 0.146. The number of aliphatic hydroxyl groups is 1. The van der Waals surface area contributed by atoms with Crippen molar-refractivity contribution in [3.8, 4) is 0 Å². The molecule has 106 valence electrons. The molecule has 2 N–H and O–H groups in total. The third kappa shape index (κ3) is 5.16. The van der Waals surface area contributed by atoms with Gasteiger partial charge in [0, 0.05) is 24.4 Å². The number of hydrogen-bond acceptors (Lipinski definition) is 4. The van der Waals surface area contributed by atoms with Crippen molar-refractivity contribution in [1.82, 2.24) is 10.2 Å². The van der Waals surface area contributed by atoms with Crippen LogP contribution in [0.25, 0.3) is 0 Å². The fourth-order valence-corrected chi connectivity index (χ4v) is 2.90. The van der Waals surface area contributed by atoms with Gasteiger partial charge >= 0.3 is 0 Å². The molecule has 1 fully saturated rings. The number of likely N-dealkylation sites (tertiary alicyclic amines) is 1. The van der Waals surface area contributed by atoms with Gasteiger partial charge in [-0.15, -0.1) is 0 Å². The van der Waals surface area contributed by atoms with Crippen LogP contribution < -0.4 is 5.32 Å². The lowest BCUT2D eigenvalue weighted by Crippen LogP contribution is -2.45. The van der Waals surface area contributed by atoms with Crippen LogP contribution in [0, 0.1) is 0 Å². The number of aliphatic hydroxyl groups excluding tert-OH is 1. The van der Waals surface area contributed by atoms with Crippen LogP contribution in [0.15, 0.2) is 0 Å². The van der Waals surface area contributed by atoms with E-state index in [9.17, 15) is 9.90 Å². The Balaban J connectivity index is 2.30. The maximum atomic E-state index is 12.0. The third-order valence-corrected chi connectivity index (χ3v) is 4.74. The van der Waals surface area contributed by atoms with E-state index in [0.717, 1.165) is 25.9 Å². The van der Waals surface area contributed by atoms with E-state index in [-0.39, 0.29) is 23.8 Å². The van der Waals surface area contributed by atoms with Crippen molar-refractivity contribution in [1.29, 1.82) is 0 Å². The zero-order chi connectivity index (χ0) is 13.4. The van der Waals surface area contributed by atoms with E-state index in [1.807, 2.05) is 18.1 Å². The molecule has 1 aliphatic rings. The molecular formula is C13H26N2O2S. The Morgan fingerprint density at radius 3 is 2.44 bits per heavy atom. The number of carbonyl (C=O) groups excluding carboxylic acids is 1. The monoisotopic (exact) mass is 274 g/mol. The molecule has 2 unspecified atom stereocenters. The number of nitrogens with zero attached hydrogens (tertiary/aromatic N) is 1. The van der Waals surface area contributed by atoms with E-state index in [2.05, 4.69) is 5.32 Å². The zero-order valence-electron chi connectivity index (χ0n) is 11.5. The molecule has 0 saturated carbocycles. The van der Waals surface area contributed by atoms with Crippen molar-refractivity contribution in [3.05, 3.63) is 0 Å². The molecule has 0 spiro atoms. The molecule has 1 heterocycles. The van der Waals surface area contributed by atoms with Crippen molar-refractivity contribution in [2.24, 2.45) is 0 Å². The van der Waals surface area contributed by atoms with E-state index in [4.69, 9.17) is 0 Å². The van der Waals surface area contributed by atoms with Gasteiger partial charge in [-0.2, -0.15) is 11.8 Å². The van der Waals surface area contributed by atoms with Crippen LogP contribution in [0.3, 0.4) is 0 Å². The molecule has 1 saturated heterocycles. The fourth-order valence-electron chi connectivity index (χ4n) is 2.25. The van der Waals surface area contributed by atoms with Crippen LogP contribution in [-0.2, 0) is 4.79 Å². The van der Waals surface area contributed by atoms with Crippen molar-refractivity contribution >= 4 is 17.7 Å². The number of rotatable bonds is 6. The Morgan fingerprint density at radius 2 is 1.94 bits per heavy atom. The molecule has 18 heavy (non-hydrogen) atoms. The topological polar surface area (TPSA) is 52.6 Å². The van der Waals surface area contributed by atoms with Crippen LogP contribution in [0.2, 0.25) is 0 Å². The van der Waals surface area contributed by atoms with Crippen molar-refractivity contribution < 1.29 is 9.90 Å². The summed E-state index contributed by atoms with van der Waals surface area (Å²) in [5.41, 5.74) is 0. The lowest BCUT2D eigenvalue weighted by atomic mass is 10.2. The minimum absolute atomic E-state index is 0.146. The number of hydrogen-bond donors (Lipinski definition) is 2. The summed E-state index contributed by atoms with van der Waals surface area (Å²) in [6, 6.07) is 0.154. The number of thioether (sulfide) groups is 1. The highest BCUT2D eigenvalue weighted by atomic mass is 32.2. The Bertz CT molecular complexity index is 239. The van der Waals surface area contributed by atoms with Gasteiger partial charge in [-0.1, -0.05) is 12.8 Å². The summed E-state index contributed by atoms with van der Waals surface area (Å²) in [5, 5.41) is 12.6. The van der Waals surface area contributed by atoms with Crippen LogP contribution >= 0.6 is 11.8 Å². The molecule has 0 aromatic carbocycles. The molecular weight excluding hydrogens is 248 g/mol. The average Bonchev–Trinajstić information content (AvgIpc) is 2.66. The summed E-state index contributed by atoms with van der Waals surface area (Å²) < 4.78 is 0. The summed E-state index contributed by atoms with van der Waals surface area (Å²) >= 11 is 1.63. The molecule has 1 aliphatic heterocycles. The third-order valence-electron chi connectivity index (χ3n) is 3.57. The van der Waals surface area contributed by atoms with Gasteiger partial charge in [0.25, 0.3) is 0 Å². The predicted molar refractivity (Wildman–Crippen MR) is 76.9 cm³/mol. The van der Waals surface area contributed by atoms with E-state index < -0.39 is 0 Å². The molecule has 0 radical (unpaired) electrons. The van der Waals surface area contributed by atoms with Gasteiger partial charge in [0.1, 0.15) is 0 Å². The zero-order valence-corrected chi connectivity index (χ0v) is 12.3. The Hall–Kier alpha value is -0.260. The SMILES string of the molecule is CSC(CO)C(C)NCC(=O)N1CCCCCC1. The fraction of sp³-hybridized carbons (Fsp3) is 0.923. The molecule has 0 aliphatic carbocycles. The highest BCUT2D eigenvalue weighted by molar-refractivity contribution is 7.99. The largest absolute Gasteiger partial charge is 0.395 e. The average molecular weight is 274 g/mol.